The van der Waals surface area contributed by atoms with Crippen LogP contribution in [0.5, 0.6) is 5.75 Å². The first-order chi connectivity index (χ1) is 9.70. The smallest absolute Gasteiger partial charge is 0.240 e. The van der Waals surface area contributed by atoms with Crippen LogP contribution in [0, 0.1) is 12.7 Å². The third-order valence-electron chi connectivity index (χ3n) is 3.83. The standard InChI is InChI=1S/C14H23FN2O3S/c1-5-14(16,6-2)9-17-21(18,19)12-8-7-11(20-4)13(15)10(12)3/h7-8,17H,5-6,9,16H2,1-4H3. The minimum Gasteiger partial charge on any atom is -0.494 e. The van der Waals surface area contributed by atoms with Crippen molar-refractivity contribution in [3.63, 3.8) is 0 Å². The van der Waals surface area contributed by atoms with Crippen LogP contribution < -0.4 is 15.2 Å². The summed E-state index contributed by atoms with van der Waals surface area (Å²) in [5.74, 6) is -0.660. The maximum Gasteiger partial charge on any atom is 0.240 e. The van der Waals surface area contributed by atoms with Gasteiger partial charge in [0.1, 0.15) is 0 Å². The van der Waals surface area contributed by atoms with Crippen molar-refractivity contribution in [3.8, 4) is 5.75 Å². The van der Waals surface area contributed by atoms with Gasteiger partial charge < -0.3 is 10.5 Å². The molecule has 1 aromatic rings. The second-order valence-corrected chi connectivity index (χ2v) is 6.83. The Hall–Kier alpha value is -1.18. The van der Waals surface area contributed by atoms with Crippen LogP contribution in [0.1, 0.15) is 32.3 Å². The summed E-state index contributed by atoms with van der Waals surface area (Å²) >= 11 is 0. The summed E-state index contributed by atoms with van der Waals surface area (Å²) in [5.41, 5.74) is 5.49. The molecule has 120 valence electrons. The molecule has 0 heterocycles. The number of ether oxygens (including phenoxy) is 1. The molecule has 0 saturated carbocycles. The van der Waals surface area contributed by atoms with Crippen LogP contribution in [0.4, 0.5) is 4.39 Å². The molecule has 5 nitrogen and oxygen atoms in total. The molecule has 7 heteroatoms. The summed E-state index contributed by atoms with van der Waals surface area (Å²) < 4.78 is 45.9. The van der Waals surface area contributed by atoms with Gasteiger partial charge in [-0.15, -0.1) is 0 Å². The Morgan fingerprint density at radius 1 is 1.33 bits per heavy atom. The van der Waals surface area contributed by atoms with Gasteiger partial charge in [-0.3, -0.25) is 0 Å². The molecule has 0 fully saturated rings. The van der Waals surface area contributed by atoms with Gasteiger partial charge in [-0.05, 0) is 31.9 Å². The highest BCUT2D eigenvalue weighted by Gasteiger charge is 2.26. The van der Waals surface area contributed by atoms with Crippen molar-refractivity contribution in [2.24, 2.45) is 5.73 Å². The SMILES string of the molecule is CCC(N)(CC)CNS(=O)(=O)c1ccc(OC)c(F)c1C. The van der Waals surface area contributed by atoms with Gasteiger partial charge in [0.15, 0.2) is 11.6 Å². The predicted molar refractivity (Wildman–Crippen MR) is 80.4 cm³/mol. The molecule has 3 N–H and O–H groups in total. The zero-order valence-corrected chi connectivity index (χ0v) is 13.7. The van der Waals surface area contributed by atoms with Crippen molar-refractivity contribution in [1.29, 1.82) is 0 Å². The molecule has 0 aliphatic carbocycles. The molecule has 0 bridgehead atoms. The van der Waals surface area contributed by atoms with Gasteiger partial charge in [-0.25, -0.2) is 17.5 Å². The molecule has 1 rings (SSSR count). The normalized spacial score (nSPS) is 12.5. The Labute approximate surface area is 125 Å². The van der Waals surface area contributed by atoms with Crippen LogP contribution in [-0.2, 0) is 10.0 Å². The third kappa shape index (κ3) is 3.93. The van der Waals surface area contributed by atoms with Crippen molar-refractivity contribution in [3.05, 3.63) is 23.5 Å². The molecule has 0 radical (unpaired) electrons. The van der Waals surface area contributed by atoms with Crippen molar-refractivity contribution >= 4 is 10.0 Å². The quantitative estimate of drug-likeness (QED) is 0.805. The van der Waals surface area contributed by atoms with Crippen molar-refractivity contribution in [1.82, 2.24) is 4.72 Å². The first-order valence-corrected chi connectivity index (χ1v) is 8.30. The average Bonchev–Trinajstić information content (AvgIpc) is 2.47. The van der Waals surface area contributed by atoms with Crippen molar-refractivity contribution in [2.45, 2.75) is 44.0 Å². The van der Waals surface area contributed by atoms with Crippen LogP contribution in [0.2, 0.25) is 0 Å². The van der Waals surface area contributed by atoms with E-state index in [9.17, 15) is 12.8 Å². The molecule has 0 saturated heterocycles. The number of methoxy groups -OCH3 is 1. The van der Waals surface area contributed by atoms with E-state index < -0.39 is 21.4 Å². The zero-order chi connectivity index (χ0) is 16.3. The highest BCUT2D eigenvalue weighted by atomic mass is 32.2. The first kappa shape index (κ1) is 17.9. The van der Waals surface area contributed by atoms with E-state index in [4.69, 9.17) is 10.5 Å². The van der Waals surface area contributed by atoms with E-state index in [2.05, 4.69) is 4.72 Å². The lowest BCUT2D eigenvalue weighted by molar-refractivity contribution is 0.383. The number of hydrogen-bond acceptors (Lipinski definition) is 4. The van der Waals surface area contributed by atoms with Gasteiger partial charge in [0, 0.05) is 17.6 Å². The number of halogens is 1. The second-order valence-electron chi connectivity index (χ2n) is 5.10. The fraction of sp³-hybridized carbons (Fsp3) is 0.571. The van der Waals surface area contributed by atoms with E-state index in [1.807, 2.05) is 13.8 Å². The number of sulfonamides is 1. The lowest BCUT2D eigenvalue weighted by Crippen LogP contribution is -2.49. The Bertz CT molecular complexity index is 598. The predicted octanol–water partition coefficient (Wildman–Crippen LogP) is 1.94. The van der Waals surface area contributed by atoms with Crippen LogP contribution in [-0.4, -0.2) is 27.6 Å². The second kappa shape index (κ2) is 6.72. The lowest BCUT2D eigenvalue weighted by Gasteiger charge is -2.26. The maximum absolute atomic E-state index is 14.0. The van der Waals surface area contributed by atoms with Gasteiger partial charge >= 0.3 is 0 Å². The highest BCUT2D eigenvalue weighted by Crippen LogP contribution is 2.26. The largest absolute Gasteiger partial charge is 0.494 e. The fourth-order valence-electron chi connectivity index (χ4n) is 1.91. The van der Waals surface area contributed by atoms with E-state index in [0.717, 1.165) is 0 Å². The Morgan fingerprint density at radius 3 is 2.38 bits per heavy atom. The first-order valence-electron chi connectivity index (χ1n) is 6.82. The fourth-order valence-corrected chi connectivity index (χ4v) is 3.28. The van der Waals surface area contributed by atoms with E-state index >= 15 is 0 Å². The summed E-state index contributed by atoms with van der Waals surface area (Å²) in [4.78, 5) is -0.102. The molecule has 0 unspecified atom stereocenters. The molecule has 21 heavy (non-hydrogen) atoms. The summed E-state index contributed by atoms with van der Waals surface area (Å²) in [6.45, 7) is 5.31. The van der Waals surface area contributed by atoms with Gasteiger partial charge in [-0.1, -0.05) is 13.8 Å². The summed E-state index contributed by atoms with van der Waals surface area (Å²) in [6.07, 6.45) is 1.28. The number of hydrogen-bond donors (Lipinski definition) is 2. The van der Waals surface area contributed by atoms with E-state index in [0.29, 0.717) is 12.8 Å². The molecular formula is C14H23FN2O3S. The monoisotopic (exact) mass is 318 g/mol. The maximum atomic E-state index is 14.0. The van der Waals surface area contributed by atoms with Crippen LogP contribution in [0.25, 0.3) is 0 Å². The van der Waals surface area contributed by atoms with Crippen LogP contribution >= 0.6 is 0 Å². The number of nitrogens with one attached hydrogen (secondary N) is 1. The molecule has 0 amide bonds. The molecule has 0 aliphatic heterocycles. The molecule has 0 atom stereocenters. The van der Waals surface area contributed by atoms with Gasteiger partial charge in [0.2, 0.25) is 10.0 Å². The van der Waals surface area contributed by atoms with Crippen LogP contribution in [0.3, 0.4) is 0 Å². The van der Waals surface area contributed by atoms with Crippen LogP contribution in [0.15, 0.2) is 17.0 Å². The summed E-state index contributed by atoms with van der Waals surface area (Å²) in [5, 5.41) is 0. The number of benzene rings is 1. The molecule has 1 aromatic carbocycles. The van der Waals surface area contributed by atoms with Gasteiger partial charge in [0.25, 0.3) is 0 Å². The average molecular weight is 318 g/mol. The van der Waals surface area contributed by atoms with E-state index in [1.165, 1.54) is 26.2 Å². The minimum absolute atomic E-state index is 0.0155. The van der Waals surface area contributed by atoms with Crippen molar-refractivity contribution < 1.29 is 17.5 Å². The number of nitrogens with two attached hydrogens (primary N) is 1. The van der Waals surface area contributed by atoms with E-state index in [-0.39, 0.29) is 22.8 Å². The van der Waals surface area contributed by atoms with E-state index in [1.54, 1.807) is 0 Å². The molecule has 0 aromatic heterocycles. The number of rotatable bonds is 7. The highest BCUT2D eigenvalue weighted by molar-refractivity contribution is 7.89. The Morgan fingerprint density at radius 2 is 1.90 bits per heavy atom. The third-order valence-corrected chi connectivity index (χ3v) is 5.38. The molecule has 0 spiro atoms. The molecule has 0 aliphatic rings. The summed E-state index contributed by atoms with van der Waals surface area (Å²) in [6, 6.07) is 2.63. The zero-order valence-electron chi connectivity index (χ0n) is 12.9. The van der Waals surface area contributed by atoms with Gasteiger partial charge in [0.05, 0.1) is 12.0 Å². The lowest BCUT2D eigenvalue weighted by atomic mass is 9.95. The molecular weight excluding hydrogens is 295 g/mol. The minimum atomic E-state index is -3.82. The van der Waals surface area contributed by atoms with Crippen molar-refractivity contribution in [2.75, 3.05) is 13.7 Å². The van der Waals surface area contributed by atoms with Gasteiger partial charge in [-0.2, -0.15) is 0 Å². The topological polar surface area (TPSA) is 81.4 Å². The Kier molecular flexibility index (Phi) is 5.72. The summed E-state index contributed by atoms with van der Waals surface area (Å²) in [7, 11) is -2.49. The Balaban J connectivity index is 3.07.